The van der Waals surface area contributed by atoms with Crippen molar-refractivity contribution in [2.45, 2.75) is 24.7 Å². The third kappa shape index (κ3) is 9.40. The van der Waals surface area contributed by atoms with Gasteiger partial charge in [0, 0.05) is 75.2 Å². The molecule has 0 amide bonds. The van der Waals surface area contributed by atoms with E-state index in [-0.39, 0.29) is 5.75 Å². The van der Waals surface area contributed by atoms with E-state index in [0.717, 1.165) is 91.4 Å². The zero-order valence-corrected chi connectivity index (χ0v) is 33.0. The second-order valence-electron chi connectivity index (χ2n) is 13.3. The van der Waals surface area contributed by atoms with E-state index >= 15 is 0 Å². The van der Waals surface area contributed by atoms with Crippen LogP contribution in [0, 0.1) is 11.6 Å². The lowest BCUT2D eigenvalue weighted by molar-refractivity contribution is 0.270. The molecule has 55 heavy (non-hydrogen) atoms. The summed E-state index contributed by atoms with van der Waals surface area (Å²) in [5.41, 5.74) is 4.15. The van der Waals surface area contributed by atoms with E-state index in [2.05, 4.69) is 29.7 Å². The summed E-state index contributed by atoms with van der Waals surface area (Å²) >= 11 is 1.53. The smallest absolute Gasteiger partial charge is 0.227 e. The molecule has 2 fully saturated rings. The Morgan fingerprint density at radius 2 is 1.64 bits per heavy atom. The Kier molecular flexibility index (Phi) is 11.9. The highest BCUT2D eigenvalue weighted by Gasteiger charge is 2.24. The van der Waals surface area contributed by atoms with Crippen molar-refractivity contribution in [2.24, 2.45) is 0 Å². The summed E-state index contributed by atoms with van der Waals surface area (Å²) in [5, 5.41) is 4.23. The van der Waals surface area contributed by atoms with Gasteiger partial charge in [-0.15, -0.1) is 0 Å². The number of rotatable bonds is 14. The molecular formula is C38H42F2N8O4S3. The number of nitrogens with zero attached hydrogens (tertiary/aromatic N) is 6. The Balaban J connectivity index is 1.15. The fourth-order valence-electron chi connectivity index (χ4n) is 6.57. The maximum absolute atomic E-state index is 14.4. The number of anilines is 5. The monoisotopic (exact) mass is 808 g/mol. The number of hydrogen-bond acceptors (Lipinski definition) is 12. The predicted molar refractivity (Wildman–Crippen MR) is 216 cm³/mol. The van der Waals surface area contributed by atoms with Crippen molar-refractivity contribution in [1.29, 1.82) is 0 Å². The first-order valence-corrected chi connectivity index (χ1v) is 22.1. The zero-order valence-electron chi connectivity index (χ0n) is 30.5. The first-order chi connectivity index (χ1) is 26.5. The van der Waals surface area contributed by atoms with Crippen LogP contribution in [0.15, 0.2) is 77.8 Å². The third-order valence-corrected chi connectivity index (χ3v) is 12.6. The number of aromatic nitrogens is 3. The average molecular weight is 809 g/mol. The van der Waals surface area contributed by atoms with Gasteiger partial charge in [0.15, 0.2) is 16.1 Å². The number of nitrogens with one attached hydrogen (secondary N) is 2. The standard InChI is InChI=1S/C38H42F2N8O4S3/c1-3-52-33-13-12-27(25-32(33)47-20-18-46(19-21-47)22-23-55(2,50)51)42-37-41-15-14-31(43-37)35-34(44-38(53-35)48-16-4-5-17-48)26-8-6-9-28(24-26)45-54(49)36-29(39)10-7-11-30(36)40/h6-15,24-25,45H,3-5,16-23H2,1-2H3,(H,41,42,43). The second-order valence-corrected chi connectivity index (χ2v) is 17.7. The normalized spacial score (nSPS) is 15.6. The van der Waals surface area contributed by atoms with Crippen molar-refractivity contribution in [3.8, 4) is 27.6 Å². The van der Waals surface area contributed by atoms with E-state index in [1.54, 1.807) is 24.4 Å². The molecule has 0 spiro atoms. The maximum Gasteiger partial charge on any atom is 0.227 e. The maximum atomic E-state index is 14.4. The largest absolute Gasteiger partial charge is 0.492 e. The van der Waals surface area contributed by atoms with Crippen molar-refractivity contribution in [3.63, 3.8) is 0 Å². The van der Waals surface area contributed by atoms with Gasteiger partial charge >= 0.3 is 0 Å². The van der Waals surface area contributed by atoms with E-state index in [4.69, 9.17) is 14.7 Å². The molecule has 2 N–H and O–H groups in total. The highest BCUT2D eigenvalue weighted by Crippen LogP contribution is 2.41. The Bertz CT molecular complexity index is 2260. The van der Waals surface area contributed by atoms with E-state index < -0.39 is 37.4 Å². The number of thiazole rings is 1. The van der Waals surface area contributed by atoms with Crippen molar-refractivity contribution in [2.75, 3.05) is 84.3 Å². The molecule has 0 saturated carbocycles. The van der Waals surface area contributed by atoms with E-state index in [0.29, 0.717) is 41.7 Å². The zero-order chi connectivity index (χ0) is 38.5. The van der Waals surface area contributed by atoms with Gasteiger partial charge in [0.2, 0.25) is 5.95 Å². The second kappa shape index (κ2) is 17.0. The molecule has 2 aliphatic rings. The minimum absolute atomic E-state index is 0.142. The summed E-state index contributed by atoms with van der Waals surface area (Å²) in [6.07, 6.45) is 5.11. The number of halogens is 2. The lowest BCUT2D eigenvalue weighted by Gasteiger charge is -2.36. The summed E-state index contributed by atoms with van der Waals surface area (Å²) in [6, 6.07) is 18.2. The molecule has 0 aliphatic carbocycles. The SMILES string of the molecule is CCOc1ccc(Nc2nccc(-c3sc(N4CCCC4)nc3-c3cccc(NS(=O)c4c(F)cccc4F)c3)n2)cc1N1CCN(CCS(C)(=O)=O)CC1. The van der Waals surface area contributed by atoms with Gasteiger partial charge in [-0.3, -0.25) is 4.90 Å². The summed E-state index contributed by atoms with van der Waals surface area (Å²) in [7, 11) is -5.21. The fourth-order valence-corrected chi connectivity index (χ4v) is 9.20. The lowest BCUT2D eigenvalue weighted by atomic mass is 10.1. The van der Waals surface area contributed by atoms with Crippen LogP contribution < -0.4 is 24.6 Å². The van der Waals surface area contributed by atoms with Crippen LogP contribution in [0.1, 0.15) is 19.8 Å². The highest BCUT2D eigenvalue weighted by atomic mass is 32.2. The van der Waals surface area contributed by atoms with Crippen LogP contribution in [0.3, 0.4) is 0 Å². The highest BCUT2D eigenvalue weighted by molar-refractivity contribution is 7.90. The van der Waals surface area contributed by atoms with E-state index in [1.165, 1.54) is 23.7 Å². The van der Waals surface area contributed by atoms with Crippen LogP contribution in [0.4, 0.5) is 36.9 Å². The molecule has 1 atom stereocenters. The molecule has 12 nitrogen and oxygen atoms in total. The van der Waals surface area contributed by atoms with Crippen molar-refractivity contribution >= 4 is 60.3 Å². The van der Waals surface area contributed by atoms with Crippen LogP contribution in [-0.4, -0.2) is 96.9 Å². The molecule has 5 aromatic rings. The fraction of sp³-hybridized carbons (Fsp3) is 0.342. The van der Waals surface area contributed by atoms with Crippen LogP contribution in [-0.2, 0) is 20.8 Å². The Morgan fingerprint density at radius 3 is 2.36 bits per heavy atom. The molecule has 3 aromatic carbocycles. The van der Waals surface area contributed by atoms with Crippen molar-refractivity contribution < 1.29 is 26.1 Å². The van der Waals surface area contributed by atoms with Gasteiger partial charge in [-0.25, -0.2) is 36.4 Å². The van der Waals surface area contributed by atoms with Gasteiger partial charge in [-0.2, -0.15) is 0 Å². The van der Waals surface area contributed by atoms with Crippen LogP contribution in [0.25, 0.3) is 21.8 Å². The number of ether oxygens (including phenoxy) is 1. The summed E-state index contributed by atoms with van der Waals surface area (Å²) in [5.74, 6) is -0.497. The molecule has 290 valence electrons. The number of hydrogen-bond donors (Lipinski definition) is 2. The van der Waals surface area contributed by atoms with Crippen molar-refractivity contribution in [3.05, 3.63) is 84.6 Å². The van der Waals surface area contributed by atoms with Gasteiger partial charge in [-0.1, -0.05) is 29.5 Å². The molecule has 4 heterocycles. The molecule has 2 aromatic heterocycles. The molecule has 0 bridgehead atoms. The first kappa shape index (κ1) is 38.6. The lowest BCUT2D eigenvalue weighted by Crippen LogP contribution is -2.47. The van der Waals surface area contributed by atoms with Crippen LogP contribution >= 0.6 is 11.3 Å². The molecule has 2 saturated heterocycles. The molecule has 7 rings (SSSR count). The van der Waals surface area contributed by atoms with Gasteiger partial charge < -0.3 is 24.6 Å². The summed E-state index contributed by atoms with van der Waals surface area (Å²) in [6.45, 7) is 7.68. The average Bonchev–Trinajstić information content (AvgIpc) is 3.86. The third-order valence-electron chi connectivity index (χ3n) is 9.34. The first-order valence-electron chi connectivity index (χ1n) is 18.1. The molecule has 2 aliphatic heterocycles. The van der Waals surface area contributed by atoms with Gasteiger partial charge in [0.1, 0.15) is 32.1 Å². The summed E-state index contributed by atoms with van der Waals surface area (Å²) < 4.78 is 74.0. The Morgan fingerprint density at radius 1 is 0.891 bits per heavy atom. The molecule has 17 heteroatoms. The van der Waals surface area contributed by atoms with Gasteiger partial charge in [-0.05, 0) is 68.3 Å². The Labute approximate surface area is 326 Å². The Hall–Kier alpha value is -4.71. The van der Waals surface area contributed by atoms with Crippen molar-refractivity contribution in [1.82, 2.24) is 19.9 Å². The number of benzene rings is 3. The molecule has 0 radical (unpaired) electrons. The predicted octanol–water partition coefficient (Wildman–Crippen LogP) is 6.59. The summed E-state index contributed by atoms with van der Waals surface area (Å²) in [4.78, 5) is 21.5. The minimum atomic E-state index is -3.03. The molecular weight excluding hydrogens is 767 g/mol. The van der Waals surface area contributed by atoms with E-state index in [1.807, 2.05) is 37.3 Å². The minimum Gasteiger partial charge on any atom is -0.492 e. The number of piperazine rings is 1. The topological polar surface area (TPSA) is 133 Å². The number of sulfone groups is 1. The van der Waals surface area contributed by atoms with Crippen LogP contribution in [0.5, 0.6) is 5.75 Å². The van der Waals surface area contributed by atoms with Crippen LogP contribution in [0.2, 0.25) is 0 Å². The molecule has 1 unspecified atom stereocenters. The van der Waals surface area contributed by atoms with Gasteiger partial charge in [0.25, 0.3) is 0 Å². The quantitative estimate of drug-likeness (QED) is 0.126. The van der Waals surface area contributed by atoms with Gasteiger partial charge in [0.05, 0.1) is 34.3 Å². The van der Waals surface area contributed by atoms with E-state index in [9.17, 15) is 21.4 Å².